The van der Waals surface area contributed by atoms with Crippen molar-refractivity contribution in [1.29, 1.82) is 0 Å². The SMILES string of the molecule is CCOC(=O)COCCCC=CCCc1ccccc1. The fraction of sp³-hybridized carbons (Fsp3) is 0.471. The van der Waals surface area contributed by atoms with Gasteiger partial charge >= 0.3 is 5.97 Å². The van der Waals surface area contributed by atoms with Crippen molar-refractivity contribution >= 4 is 5.97 Å². The van der Waals surface area contributed by atoms with E-state index < -0.39 is 0 Å². The van der Waals surface area contributed by atoms with Gasteiger partial charge in [-0.05, 0) is 38.2 Å². The number of rotatable bonds is 10. The second kappa shape index (κ2) is 11.2. The van der Waals surface area contributed by atoms with Gasteiger partial charge in [-0.3, -0.25) is 0 Å². The highest BCUT2D eigenvalue weighted by Crippen LogP contribution is 2.03. The second-order valence-corrected chi connectivity index (χ2v) is 4.50. The molecule has 0 spiro atoms. The number of esters is 1. The average molecular weight is 276 g/mol. The zero-order chi connectivity index (χ0) is 14.5. The number of carbonyl (C=O) groups excluding carboxylic acids is 1. The minimum atomic E-state index is -0.286. The third-order valence-corrected chi connectivity index (χ3v) is 2.79. The average Bonchev–Trinajstić information content (AvgIpc) is 2.47. The molecule has 3 nitrogen and oxygen atoms in total. The lowest BCUT2D eigenvalue weighted by atomic mass is 10.1. The number of aryl methyl sites for hydroxylation is 1. The van der Waals surface area contributed by atoms with E-state index in [2.05, 4.69) is 36.4 Å². The normalized spacial score (nSPS) is 10.8. The van der Waals surface area contributed by atoms with E-state index in [1.54, 1.807) is 6.92 Å². The molecular formula is C17H24O3. The van der Waals surface area contributed by atoms with Gasteiger partial charge in [-0.1, -0.05) is 42.5 Å². The maximum Gasteiger partial charge on any atom is 0.332 e. The largest absolute Gasteiger partial charge is 0.464 e. The van der Waals surface area contributed by atoms with Crippen molar-refractivity contribution in [3.8, 4) is 0 Å². The van der Waals surface area contributed by atoms with Crippen LogP contribution < -0.4 is 0 Å². The van der Waals surface area contributed by atoms with Crippen LogP contribution in [-0.2, 0) is 20.7 Å². The Balaban J connectivity index is 1.93. The van der Waals surface area contributed by atoms with Crippen molar-refractivity contribution in [2.75, 3.05) is 19.8 Å². The number of hydrogen-bond acceptors (Lipinski definition) is 3. The Bertz CT molecular complexity index is 384. The Morgan fingerprint density at radius 1 is 1.15 bits per heavy atom. The van der Waals surface area contributed by atoms with Crippen LogP contribution in [0.1, 0.15) is 31.7 Å². The van der Waals surface area contributed by atoms with E-state index in [-0.39, 0.29) is 12.6 Å². The summed E-state index contributed by atoms with van der Waals surface area (Å²) in [7, 11) is 0. The molecule has 0 radical (unpaired) electrons. The zero-order valence-electron chi connectivity index (χ0n) is 12.2. The number of benzene rings is 1. The van der Waals surface area contributed by atoms with Crippen LogP contribution >= 0.6 is 0 Å². The van der Waals surface area contributed by atoms with Crippen LogP contribution in [0, 0.1) is 0 Å². The van der Waals surface area contributed by atoms with Crippen molar-refractivity contribution in [3.05, 3.63) is 48.0 Å². The molecule has 0 heterocycles. The van der Waals surface area contributed by atoms with Gasteiger partial charge in [0.2, 0.25) is 0 Å². The Morgan fingerprint density at radius 2 is 1.90 bits per heavy atom. The van der Waals surface area contributed by atoms with Crippen LogP contribution in [0.3, 0.4) is 0 Å². The number of allylic oxidation sites excluding steroid dienone is 2. The summed E-state index contributed by atoms with van der Waals surface area (Å²) in [6.07, 6.45) is 8.44. The maximum atomic E-state index is 11.0. The molecule has 0 aliphatic heterocycles. The van der Waals surface area contributed by atoms with Gasteiger partial charge in [0.1, 0.15) is 6.61 Å². The molecule has 0 bridgehead atoms. The van der Waals surface area contributed by atoms with Gasteiger partial charge in [-0.15, -0.1) is 0 Å². The number of carbonyl (C=O) groups is 1. The van der Waals surface area contributed by atoms with Crippen LogP contribution in [0.4, 0.5) is 0 Å². The molecule has 0 aliphatic carbocycles. The predicted molar refractivity (Wildman–Crippen MR) is 80.6 cm³/mol. The molecular weight excluding hydrogens is 252 g/mol. The highest BCUT2D eigenvalue weighted by Gasteiger charge is 1.99. The Morgan fingerprint density at radius 3 is 2.65 bits per heavy atom. The fourth-order valence-corrected chi connectivity index (χ4v) is 1.79. The van der Waals surface area contributed by atoms with Gasteiger partial charge in [-0.2, -0.15) is 0 Å². The first-order chi connectivity index (χ1) is 9.83. The molecule has 0 unspecified atom stereocenters. The topological polar surface area (TPSA) is 35.5 Å². The molecule has 0 atom stereocenters. The molecule has 0 fully saturated rings. The molecule has 1 rings (SSSR count). The monoisotopic (exact) mass is 276 g/mol. The van der Waals surface area contributed by atoms with E-state index in [0.29, 0.717) is 13.2 Å². The molecule has 110 valence electrons. The lowest BCUT2D eigenvalue weighted by molar-refractivity contribution is -0.148. The van der Waals surface area contributed by atoms with Crippen molar-refractivity contribution in [1.82, 2.24) is 0 Å². The first kappa shape index (κ1) is 16.4. The maximum absolute atomic E-state index is 11.0. The summed E-state index contributed by atoms with van der Waals surface area (Å²) in [6.45, 7) is 2.86. The highest BCUT2D eigenvalue weighted by molar-refractivity contribution is 5.70. The fourth-order valence-electron chi connectivity index (χ4n) is 1.79. The zero-order valence-corrected chi connectivity index (χ0v) is 12.2. The number of hydrogen-bond donors (Lipinski definition) is 0. The summed E-state index contributed by atoms with van der Waals surface area (Å²) in [6, 6.07) is 10.5. The molecule has 20 heavy (non-hydrogen) atoms. The summed E-state index contributed by atoms with van der Waals surface area (Å²) in [5, 5.41) is 0. The van der Waals surface area contributed by atoms with Gasteiger partial charge in [0.15, 0.2) is 0 Å². The van der Waals surface area contributed by atoms with Crippen LogP contribution in [-0.4, -0.2) is 25.8 Å². The second-order valence-electron chi connectivity index (χ2n) is 4.50. The van der Waals surface area contributed by atoms with Gasteiger partial charge in [0.25, 0.3) is 0 Å². The molecule has 0 aliphatic rings. The van der Waals surface area contributed by atoms with E-state index in [0.717, 1.165) is 25.7 Å². The minimum Gasteiger partial charge on any atom is -0.464 e. The van der Waals surface area contributed by atoms with Crippen molar-refractivity contribution < 1.29 is 14.3 Å². The molecule has 1 aromatic carbocycles. The Hall–Kier alpha value is -1.61. The standard InChI is InChI=1S/C17H24O3/c1-2-20-17(18)15-19-14-10-5-3-4-7-11-16-12-8-6-9-13-16/h3-4,6,8-9,12-13H,2,5,7,10-11,14-15H2,1H3. The molecule has 0 N–H and O–H groups in total. The van der Waals surface area contributed by atoms with Gasteiger partial charge in [-0.25, -0.2) is 4.79 Å². The van der Waals surface area contributed by atoms with Crippen molar-refractivity contribution in [2.24, 2.45) is 0 Å². The molecule has 0 saturated carbocycles. The van der Waals surface area contributed by atoms with Crippen molar-refractivity contribution in [2.45, 2.75) is 32.6 Å². The van der Waals surface area contributed by atoms with E-state index in [1.165, 1.54) is 5.56 Å². The highest BCUT2D eigenvalue weighted by atomic mass is 16.6. The molecule has 3 heteroatoms. The van der Waals surface area contributed by atoms with E-state index in [9.17, 15) is 4.79 Å². The summed E-state index contributed by atoms with van der Waals surface area (Å²) in [5.41, 5.74) is 1.37. The van der Waals surface area contributed by atoms with Crippen LogP contribution in [0.5, 0.6) is 0 Å². The smallest absolute Gasteiger partial charge is 0.332 e. The Kier molecular flexibility index (Phi) is 9.24. The van der Waals surface area contributed by atoms with Crippen molar-refractivity contribution in [3.63, 3.8) is 0 Å². The van der Waals surface area contributed by atoms with Crippen LogP contribution in [0.15, 0.2) is 42.5 Å². The lowest BCUT2D eigenvalue weighted by Gasteiger charge is -2.02. The van der Waals surface area contributed by atoms with E-state index in [1.807, 2.05) is 6.07 Å². The number of unbranched alkanes of at least 4 members (excludes halogenated alkanes) is 1. The first-order valence-electron chi connectivity index (χ1n) is 7.25. The summed E-state index contributed by atoms with van der Waals surface area (Å²) < 4.78 is 9.98. The van der Waals surface area contributed by atoms with Gasteiger partial charge in [0, 0.05) is 6.61 Å². The minimum absolute atomic E-state index is 0.0611. The lowest BCUT2D eigenvalue weighted by Crippen LogP contribution is -2.12. The summed E-state index contributed by atoms with van der Waals surface area (Å²) >= 11 is 0. The van der Waals surface area contributed by atoms with Crippen LogP contribution in [0.2, 0.25) is 0 Å². The quantitative estimate of drug-likeness (QED) is 0.372. The predicted octanol–water partition coefficient (Wildman–Crippen LogP) is 3.54. The molecule has 0 aromatic heterocycles. The van der Waals surface area contributed by atoms with Gasteiger partial charge < -0.3 is 9.47 Å². The third kappa shape index (κ3) is 8.48. The number of ether oxygens (including phenoxy) is 2. The summed E-state index contributed by atoms with van der Waals surface area (Å²) in [4.78, 5) is 11.0. The molecule has 0 amide bonds. The van der Waals surface area contributed by atoms with E-state index in [4.69, 9.17) is 9.47 Å². The first-order valence-corrected chi connectivity index (χ1v) is 7.25. The molecule has 0 saturated heterocycles. The Labute approximate surface area is 121 Å². The molecule has 1 aromatic rings. The van der Waals surface area contributed by atoms with Crippen LogP contribution in [0.25, 0.3) is 0 Å². The summed E-state index contributed by atoms with van der Waals surface area (Å²) in [5.74, 6) is -0.286. The van der Waals surface area contributed by atoms with Gasteiger partial charge in [0.05, 0.1) is 6.61 Å². The third-order valence-electron chi connectivity index (χ3n) is 2.79. The van der Waals surface area contributed by atoms with E-state index >= 15 is 0 Å².